The van der Waals surface area contributed by atoms with Crippen LogP contribution in [0.4, 0.5) is 5.13 Å². The summed E-state index contributed by atoms with van der Waals surface area (Å²) in [7, 11) is -3.46. The Kier molecular flexibility index (Phi) is 5.74. The van der Waals surface area contributed by atoms with E-state index in [4.69, 9.17) is 9.47 Å². The van der Waals surface area contributed by atoms with Gasteiger partial charge < -0.3 is 14.8 Å². The monoisotopic (exact) mass is 409 g/mol. The molecule has 1 atom stereocenters. The number of ether oxygens (including phenoxy) is 2. The molecule has 27 heavy (non-hydrogen) atoms. The largest absolute Gasteiger partial charge is 0.379 e. The zero-order valence-electron chi connectivity index (χ0n) is 15.0. The summed E-state index contributed by atoms with van der Waals surface area (Å²) in [5.41, 5.74) is 1.74. The predicted octanol–water partition coefficient (Wildman–Crippen LogP) is 2.42. The van der Waals surface area contributed by atoms with Gasteiger partial charge in [-0.05, 0) is 25.0 Å². The zero-order chi connectivity index (χ0) is 18.7. The van der Waals surface area contributed by atoms with Gasteiger partial charge in [0.15, 0.2) is 5.13 Å². The second-order valence-electron chi connectivity index (χ2n) is 6.59. The molecule has 0 unspecified atom stereocenters. The molecule has 0 radical (unpaired) electrons. The molecule has 7 nitrogen and oxygen atoms in total. The van der Waals surface area contributed by atoms with Crippen LogP contribution in [0.5, 0.6) is 0 Å². The van der Waals surface area contributed by atoms with Crippen LogP contribution in [-0.2, 0) is 19.5 Å². The molecule has 3 heterocycles. The number of sulfonamides is 1. The third-order valence-corrected chi connectivity index (χ3v) is 7.48. The SMILES string of the molecule is O=S(=O)(c1ccc(-c2csc(NC[C@H]3CCCO3)n2)cc1)N1CCOCC1. The summed E-state index contributed by atoms with van der Waals surface area (Å²) in [5, 5.41) is 6.15. The smallest absolute Gasteiger partial charge is 0.243 e. The van der Waals surface area contributed by atoms with Crippen LogP contribution in [0.3, 0.4) is 0 Å². The van der Waals surface area contributed by atoms with Crippen LogP contribution in [0, 0.1) is 0 Å². The lowest BCUT2D eigenvalue weighted by molar-refractivity contribution is 0.0730. The molecule has 0 saturated carbocycles. The number of anilines is 1. The number of hydrogen-bond acceptors (Lipinski definition) is 7. The topological polar surface area (TPSA) is 80.8 Å². The number of thiazole rings is 1. The van der Waals surface area contributed by atoms with Crippen LogP contribution in [0.15, 0.2) is 34.5 Å². The lowest BCUT2D eigenvalue weighted by Gasteiger charge is -2.26. The molecule has 2 saturated heterocycles. The minimum Gasteiger partial charge on any atom is -0.379 e. The van der Waals surface area contributed by atoms with Gasteiger partial charge in [-0.3, -0.25) is 0 Å². The number of aromatic nitrogens is 1. The van der Waals surface area contributed by atoms with Crippen molar-refractivity contribution in [2.45, 2.75) is 23.8 Å². The van der Waals surface area contributed by atoms with Crippen LogP contribution in [0.1, 0.15) is 12.8 Å². The molecule has 2 aromatic rings. The van der Waals surface area contributed by atoms with Gasteiger partial charge in [-0.2, -0.15) is 4.31 Å². The summed E-state index contributed by atoms with van der Waals surface area (Å²) in [4.78, 5) is 4.90. The first-order chi connectivity index (χ1) is 13.1. The number of rotatable bonds is 6. The molecule has 1 N–H and O–H groups in total. The Hall–Kier alpha value is -1.52. The molecule has 9 heteroatoms. The minimum absolute atomic E-state index is 0.266. The number of benzene rings is 1. The fourth-order valence-corrected chi connectivity index (χ4v) is 5.37. The number of hydrogen-bond donors (Lipinski definition) is 1. The molecule has 2 aliphatic rings. The van der Waals surface area contributed by atoms with Crippen molar-refractivity contribution in [2.75, 3.05) is 44.8 Å². The first-order valence-electron chi connectivity index (χ1n) is 9.12. The van der Waals surface area contributed by atoms with E-state index in [1.165, 1.54) is 4.31 Å². The quantitative estimate of drug-likeness (QED) is 0.789. The van der Waals surface area contributed by atoms with Crippen molar-refractivity contribution < 1.29 is 17.9 Å². The number of nitrogens with zero attached hydrogens (tertiary/aromatic N) is 2. The first-order valence-corrected chi connectivity index (χ1v) is 11.4. The summed E-state index contributed by atoms with van der Waals surface area (Å²) >= 11 is 1.54. The Morgan fingerprint density at radius 1 is 1.19 bits per heavy atom. The van der Waals surface area contributed by atoms with E-state index < -0.39 is 10.0 Å². The highest BCUT2D eigenvalue weighted by Gasteiger charge is 2.26. The summed E-state index contributed by atoms with van der Waals surface area (Å²) in [5.74, 6) is 0. The normalized spacial score (nSPS) is 21.4. The average Bonchev–Trinajstić information content (AvgIpc) is 3.39. The molecule has 1 aromatic heterocycles. The predicted molar refractivity (Wildman–Crippen MR) is 105 cm³/mol. The highest BCUT2D eigenvalue weighted by atomic mass is 32.2. The molecule has 2 fully saturated rings. The molecule has 0 amide bonds. The Labute approximate surface area is 163 Å². The average molecular weight is 410 g/mol. The third kappa shape index (κ3) is 4.33. The maximum absolute atomic E-state index is 12.7. The number of morpholine rings is 1. The summed E-state index contributed by atoms with van der Waals surface area (Å²) < 4.78 is 37.7. The Balaban J connectivity index is 1.42. The van der Waals surface area contributed by atoms with E-state index in [-0.39, 0.29) is 6.10 Å². The van der Waals surface area contributed by atoms with Crippen LogP contribution >= 0.6 is 11.3 Å². The van der Waals surface area contributed by atoms with E-state index in [9.17, 15) is 8.42 Å². The second kappa shape index (κ2) is 8.24. The minimum atomic E-state index is -3.46. The van der Waals surface area contributed by atoms with Crippen molar-refractivity contribution in [2.24, 2.45) is 0 Å². The van der Waals surface area contributed by atoms with Gasteiger partial charge in [0.1, 0.15) is 0 Å². The standard InChI is InChI=1S/C18H23N3O4S2/c22-27(23,21-7-10-24-11-8-21)16-5-3-14(4-6-16)17-13-26-18(20-17)19-12-15-2-1-9-25-15/h3-6,13,15H,1-2,7-12H2,(H,19,20)/t15-/m1/s1. The molecule has 0 spiro atoms. The summed E-state index contributed by atoms with van der Waals surface area (Å²) in [6.07, 6.45) is 2.47. The van der Waals surface area contributed by atoms with Crippen LogP contribution in [-0.4, -0.2) is 63.3 Å². The molecule has 2 aliphatic heterocycles. The van der Waals surface area contributed by atoms with Crippen molar-refractivity contribution in [3.05, 3.63) is 29.6 Å². The maximum atomic E-state index is 12.7. The van der Waals surface area contributed by atoms with Crippen LogP contribution in [0.2, 0.25) is 0 Å². The first kappa shape index (κ1) is 18.8. The van der Waals surface area contributed by atoms with E-state index >= 15 is 0 Å². The second-order valence-corrected chi connectivity index (χ2v) is 9.39. The van der Waals surface area contributed by atoms with E-state index in [0.717, 1.165) is 42.4 Å². The van der Waals surface area contributed by atoms with Crippen molar-refractivity contribution in [1.29, 1.82) is 0 Å². The highest BCUT2D eigenvalue weighted by molar-refractivity contribution is 7.89. The van der Waals surface area contributed by atoms with Crippen molar-refractivity contribution >= 4 is 26.5 Å². The molecule has 146 valence electrons. The van der Waals surface area contributed by atoms with Crippen molar-refractivity contribution in [3.63, 3.8) is 0 Å². The van der Waals surface area contributed by atoms with Crippen molar-refractivity contribution in [3.8, 4) is 11.3 Å². The highest BCUT2D eigenvalue weighted by Crippen LogP contribution is 2.27. The Bertz CT molecular complexity index is 855. The molecule has 1 aromatic carbocycles. The third-order valence-electron chi connectivity index (χ3n) is 4.77. The summed E-state index contributed by atoms with van der Waals surface area (Å²) in [6.45, 7) is 3.29. The Morgan fingerprint density at radius 3 is 2.67 bits per heavy atom. The lowest BCUT2D eigenvalue weighted by atomic mass is 10.2. The van der Waals surface area contributed by atoms with E-state index in [0.29, 0.717) is 31.2 Å². The molecular formula is C18H23N3O4S2. The number of nitrogens with one attached hydrogen (secondary N) is 1. The van der Waals surface area contributed by atoms with Gasteiger partial charge in [0.05, 0.1) is 29.9 Å². The van der Waals surface area contributed by atoms with Crippen LogP contribution < -0.4 is 5.32 Å². The van der Waals surface area contributed by atoms with E-state index in [1.807, 2.05) is 17.5 Å². The lowest BCUT2D eigenvalue weighted by Crippen LogP contribution is -2.40. The van der Waals surface area contributed by atoms with Gasteiger partial charge in [-0.25, -0.2) is 13.4 Å². The molecule has 0 aliphatic carbocycles. The Morgan fingerprint density at radius 2 is 1.96 bits per heavy atom. The maximum Gasteiger partial charge on any atom is 0.243 e. The van der Waals surface area contributed by atoms with Gasteiger partial charge >= 0.3 is 0 Å². The van der Waals surface area contributed by atoms with Gasteiger partial charge in [0, 0.05) is 37.2 Å². The van der Waals surface area contributed by atoms with Gasteiger partial charge in [0.2, 0.25) is 10.0 Å². The molecule has 0 bridgehead atoms. The zero-order valence-corrected chi connectivity index (χ0v) is 16.6. The summed E-state index contributed by atoms with van der Waals surface area (Å²) in [6, 6.07) is 6.93. The van der Waals surface area contributed by atoms with Crippen molar-refractivity contribution in [1.82, 2.24) is 9.29 Å². The van der Waals surface area contributed by atoms with Crippen LogP contribution in [0.25, 0.3) is 11.3 Å². The van der Waals surface area contributed by atoms with Gasteiger partial charge in [-0.1, -0.05) is 12.1 Å². The van der Waals surface area contributed by atoms with Gasteiger partial charge in [-0.15, -0.1) is 11.3 Å². The molecule has 4 rings (SSSR count). The van der Waals surface area contributed by atoms with E-state index in [1.54, 1.807) is 23.5 Å². The fourth-order valence-electron chi connectivity index (χ4n) is 3.23. The fraction of sp³-hybridized carbons (Fsp3) is 0.500. The van der Waals surface area contributed by atoms with E-state index in [2.05, 4.69) is 10.3 Å². The van der Waals surface area contributed by atoms with Gasteiger partial charge in [0.25, 0.3) is 0 Å². The molecular weight excluding hydrogens is 386 g/mol.